The van der Waals surface area contributed by atoms with E-state index in [9.17, 15) is 9.59 Å². The normalized spacial score (nSPS) is 10.3. The number of rotatable bonds is 4. The zero-order chi connectivity index (χ0) is 16.3. The number of hydrogen-bond donors (Lipinski definition) is 2. The summed E-state index contributed by atoms with van der Waals surface area (Å²) in [5.41, 5.74) is 6.42. The third kappa shape index (κ3) is 4.13. The number of hydrogen-bond acceptors (Lipinski definition) is 2. The first-order valence-electron chi connectivity index (χ1n) is 6.20. The van der Waals surface area contributed by atoms with Crippen LogP contribution in [-0.4, -0.2) is 11.8 Å². The number of anilines is 1. The third-order valence-corrected chi connectivity index (χ3v) is 3.80. The Labute approximate surface area is 142 Å². The molecule has 0 radical (unpaired) electrons. The lowest BCUT2D eigenvalue weighted by Crippen LogP contribution is -2.16. The van der Waals surface area contributed by atoms with E-state index in [4.69, 9.17) is 40.5 Å². The molecule has 2 aromatic carbocycles. The van der Waals surface area contributed by atoms with Gasteiger partial charge >= 0.3 is 0 Å². The molecule has 0 unspecified atom stereocenters. The van der Waals surface area contributed by atoms with Gasteiger partial charge in [0.15, 0.2) is 0 Å². The first-order valence-corrected chi connectivity index (χ1v) is 7.33. The van der Waals surface area contributed by atoms with Crippen LogP contribution in [0.1, 0.15) is 15.9 Å². The Morgan fingerprint density at radius 2 is 1.73 bits per heavy atom. The first kappa shape index (κ1) is 16.6. The van der Waals surface area contributed by atoms with Gasteiger partial charge in [-0.2, -0.15) is 0 Å². The number of nitrogens with two attached hydrogens (primary N) is 1. The van der Waals surface area contributed by atoms with E-state index in [0.717, 1.165) is 0 Å². The predicted molar refractivity (Wildman–Crippen MR) is 88.8 cm³/mol. The minimum Gasteiger partial charge on any atom is -0.366 e. The summed E-state index contributed by atoms with van der Waals surface area (Å²) >= 11 is 17.7. The summed E-state index contributed by atoms with van der Waals surface area (Å²) in [6, 6.07) is 9.40. The Balaban J connectivity index is 2.12. The van der Waals surface area contributed by atoms with Crippen molar-refractivity contribution in [1.82, 2.24) is 0 Å². The molecule has 0 atom stereocenters. The van der Waals surface area contributed by atoms with Gasteiger partial charge in [0, 0.05) is 15.7 Å². The highest BCUT2D eigenvalue weighted by atomic mass is 35.5. The molecule has 22 heavy (non-hydrogen) atoms. The highest BCUT2D eigenvalue weighted by Crippen LogP contribution is 2.23. The largest absolute Gasteiger partial charge is 0.366 e. The highest BCUT2D eigenvalue weighted by Gasteiger charge is 2.11. The monoisotopic (exact) mass is 356 g/mol. The summed E-state index contributed by atoms with van der Waals surface area (Å²) in [6.07, 6.45) is 0.0739. The quantitative estimate of drug-likeness (QED) is 0.870. The maximum Gasteiger partial charge on any atom is 0.250 e. The fourth-order valence-corrected chi connectivity index (χ4v) is 2.52. The molecule has 0 heterocycles. The summed E-state index contributed by atoms with van der Waals surface area (Å²) in [6.45, 7) is 0. The van der Waals surface area contributed by atoms with Crippen molar-refractivity contribution in [3.63, 3.8) is 0 Å². The molecular formula is C15H11Cl3N2O2. The van der Waals surface area contributed by atoms with Crippen molar-refractivity contribution < 1.29 is 9.59 Å². The Hall–Kier alpha value is -1.75. The van der Waals surface area contributed by atoms with Crippen LogP contribution < -0.4 is 11.1 Å². The molecule has 0 saturated heterocycles. The Bertz CT molecular complexity index is 748. The Kier molecular flexibility index (Phi) is 5.29. The van der Waals surface area contributed by atoms with Crippen LogP contribution in [0.3, 0.4) is 0 Å². The zero-order valence-corrected chi connectivity index (χ0v) is 13.5. The maximum absolute atomic E-state index is 12.0. The summed E-state index contributed by atoms with van der Waals surface area (Å²) in [5, 5.41) is 3.80. The van der Waals surface area contributed by atoms with Crippen LogP contribution in [-0.2, 0) is 11.2 Å². The topological polar surface area (TPSA) is 72.2 Å². The van der Waals surface area contributed by atoms with Gasteiger partial charge in [-0.25, -0.2) is 0 Å². The van der Waals surface area contributed by atoms with Gasteiger partial charge in [-0.3, -0.25) is 9.59 Å². The lowest BCUT2D eigenvalue weighted by molar-refractivity contribution is -0.115. The van der Waals surface area contributed by atoms with Crippen LogP contribution in [0.4, 0.5) is 5.69 Å². The minimum absolute atomic E-state index is 0.0739. The molecule has 0 aliphatic carbocycles. The van der Waals surface area contributed by atoms with Crippen molar-refractivity contribution in [3.05, 3.63) is 62.6 Å². The van der Waals surface area contributed by atoms with Gasteiger partial charge in [-0.1, -0.05) is 40.9 Å². The smallest absolute Gasteiger partial charge is 0.250 e. The number of amides is 2. The van der Waals surface area contributed by atoms with Gasteiger partial charge in [0.1, 0.15) is 0 Å². The molecule has 0 bridgehead atoms. The molecule has 2 amide bonds. The van der Waals surface area contributed by atoms with Crippen LogP contribution in [0, 0.1) is 0 Å². The molecule has 0 aromatic heterocycles. The lowest BCUT2D eigenvalue weighted by Gasteiger charge is -2.08. The number of carbonyl (C=O) groups excluding carboxylic acids is 2. The standard InChI is InChI=1S/C15H11Cl3N2O2/c16-9-2-1-8(13(18)6-9)5-14(21)20-10-3-4-12(17)11(7-10)15(19)22/h1-4,6-7H,5H2,(H2,19,22)(H,20,21). The number of carbonyl (C=O) groups is 2. The van der Waals surface area contributed by atoms with Crippen LogP contribution in [0.2, 0.25) is 15.1 Å². The second kappa shape index (κ2) is 7.01. The van der Waals surface area contributed by atoms with Crippen molar-refractivity contribution >= 4 is 52.3 Å². The zero-order valence-electron chi connectivity index (χ0n) is 11.2. The van der Waals surface area contributed by atoms with Gasteiger partial charge in [-0.15, -0.1) is 0 Å². The van der Waals surface area contributed by atoms with Crippen molar-refractivity contribution in [2.24, 2.45) is 5.73 Å². The van der Waals surface area contributed by atoms with E-state index < -0.39 is 5.91 Å². The van der Waals surface area contributed by atoms with E-state index in [-0.39, 0.29) is 22.9 Å². The molecule has 3 N–H and O–H groups in total. The summed E-state index contributed by atoms with van der Waals surface area (Å²) in [5.74, 6) is -0.955. The minimum atomic E-state index is -0.665. The molecule has 0 aliphatic heterocycles. The van der Waals surface area contributed by atoms with Crippen molar-refractivity contribution in [2.45, 2.75) is 6.42 Å². The second-order valence-corrected chi connectivity index (χ2v) is 5.77. The summed E-state index contributed by atoms with van der Waals surface area (Å²) in [4.78, 5) is 23.3. The molecule has 0 saturated carbocycles. The molecule has 7 heteroatoms. The average Bonchev–Trinajstić information content (AvgIpc) is 2.44. The second-order valence-electron chi connectivity index (χ2n) is 4.52. The van der Waals surface area contributed by atoms with Gasteiger partial charge < -0.3 is 11.1 Å². The van der Waals surface area contributed by atoms with E-state index in [0.29, 0.717) is 21.3 Å². The van der Waals surface area contributed by atoms with Gasteiger partial charge in [0.2, 0.25) is 11.8 Å². The van der Waals surface area contributed by atoms with E-state index in [1.54, 1.807) is 24.3 Å². The number of primary amides is 1. The van der Waals surface area contributed by atoms with Crippen LogP contribution >= 0.6 is 34.8 Å². The predicted octanol–water partition coefficient (Wildman–Crippen LogP) is 3.93. The van der Waals surface area contributed by atoms with Crippen molar-refractivity contribution in [1.29, 1.82) is 0 Å². The molecule has 2 rings (SSSR count). The van der Waals surface area contributed by atoms with Crippen LogP contribution in [0.25, 0.3) is 0 Å². The van der Waals surface area contributed by atoms with Crippen molar-refractivity contribution in [3.8, 4) is 0 Å². The van der Waals surface area contributed by atoms with E-state index in [2.05, 4.69) is 5.32 Å². The molecule has 4 nitrogen and oxygen atoms in total. The molecule has 0 fully saturated rings. The highest BCUT2D eigenvalue weighted by molar-refractivity contribution is 6.35. The lowest BCUT2D eigenvalue weighted by atomic mass is 10.1. The fraction of sp³-hybridized carbons (Fsp3) is 0.0667. The Morgan fingerprint density at radius 3 is 2.36 bits per heavy atom. The van der Waals surface area contributed by atoms with Gasteiger partial charge in [0.25, 0.3) is 0 Å². The van der Waals surface area contributed by atoms with Gasteiger partial charge in [-0.05, 0) is 35.9 Å². The van der Waals surface area contributed by atoms with E-state index >= 15 is 0 Å². The van der Waals surface area contributed by atoms with Crippen LogP contribution in [0.5, 0.6) is 0 Å². The molecular weight excluding hydrogens is 347 g/mol. The average molecular weight is 358 g/mol. The molecule has 2 aromatic rings. The molecule has 0 aliphatic rings. The number of nitrogens with one attached hydrogen (secondary N) is 1. The Morgan fingerprint density at radius 1 is 1.00 bits per heavy atom. The summed E-state index contributed by atoms with van der Waals surface area (Å²) in [7, 11) is 0. The van der Waals surface area contributed by atoms with Crippen molar-refractivity contribution in [2.75, 3.05) is 5.32 Å². The number of halogens is 3. The van der Waals surface area contributed by atoms with Crippen LogP contribution in [0.15, 0.2) is 36.4 Å². The first-order chi connectivity index (χ1) is 10.4. The molecule has 114 valence electrons. The van der Waals surface area contributed by atoms with E-state index in [1.807, 2.05) is 0 Å². The molecule has 0 spiro atoms. The summed E-state index contributed by atoms with van der Waals surface area (Å²) < 4.78 is 0. The SMILES string of the molecule is NC(=O)c1cc(NC(=O)Cc2ccc(Cl)cc2Cl)ccc1Cl. The van der Waals surface area contributed by atoms with Gasteiger partial charge in [0.05, 0.1) is 17.0 Å². The fourth-order valence-electron chi connectivity index (χ4n) is 1.84. The maximum atomic E-state index is 12.0. The number of benzene rings is 2. The van der Waals surface area contributed by atoms with E-state index in [1.165, 1.54) is 12.1 Å². The third-order valence-electron chi connectivity index (χ3n) is 2.88.